The average molecular weight is 170 g/mol. The molecule has 12 heavy (non-hydrogen) atoms. The van der Waals surface area contributed by atoms with Gasteiger partial charge in [-0.1, -0.05) is 13.8 Å². The van der Waals surface area contributed by atoms with E-state index in [1.807, 2.05) is 0 Å². The molecule has 0 aromatic carbocycles. The summed E-state index contributed by atoms with van der Waals surface area (Å²) in [5, 5.41) is 0. The van der Waals surface area contributed by atoms with Gasteiger partial charge in [0.25, 0.3) is 0 Å². The van der Waals surface area contributed by atoms with Crippen LogP contribution < -0.4 is 5.73 Å². The molecule has 0 aromatic heterocycles. The molecule has 0 heterocycles. The molecule has 1 aliphatic carbocycles. The van der Waals surface area contributed by atoms with Crippen LogP contribution in [0.3, 0.4) is 0 Å². The minimum Gasteiger partial charge on any atom is -0.327 e. The van der Waals surface area contributed by atoms with Crippen LogP contribution in [-0.4, -0.2) is 31.1 Å². The van der Waals surface area contributed by atoms with Crippen molar-refractivity contribution in [2.45, 2.75) is 45.2 Å². The van der Waals surface area contributed by atoms with Gasteiger partial charge in [-0.05, 0) is 38.8 Å². The zero-order valence-corrected chi connectivity index (χ0v) is 8.80. The van der Waals surface area contributed by atoms with Gasteiger partial charge < -0.3 is 10.6 Å². The van der Waals surface area contributed by atoms with Gasteiger partial charge in [-0.2, -0.15) is 0 Å². The van der Waals surface area contributed by atoms with Gasteiger partial charge in [-0.15, -0.1) is 0 Å². The molecule has 1 fully saturated rings. The van der Waals surface area contributed by atoms with Crippen LogP contribution >= 0.6 is 0 Å². The van der Waals surface area contributed by atoms with E-state index in [1.54, 1.807) is 0 Å². The molecule has 2 N–H and O–H groups in total. The average Bonchev–Trinajstić information content (AvgIpc) is 1.94. The van der Waals surface area contributed by atoms with Crippen molar-refractivity contribution in [1.82, 2.24) is 4.90 Å². The van der Waals surface area contributed by atoms with Gasteiger partial charge in [0, 0.05) is 12.1 Å². The Kier molecular flexibility index (Phi) is 2.79. The van der Waals surface area contributed by atoms with E-state index in [9.17, 15) is 0 Å². The number of hydrogen-bond donors (Lipinski definition) is 1. The lowest BCUT2D eigenvalue weighted by Gasteiger charge is -2.42. The zero-order chi connectivity index (χ0) is 9.35. The van der Waals surface area contributed by atoms with E-state index >= 15 is 0 Å². The molecule has 0 saturated heterocycles. The number of hydrogen-bond acceptors (Lipinski definition) is 2. The van der Waals surface area contributed by atoms with Crippen molar-refractivity contribution in [2.24, 2.45) is 11.1 Å². The summed E-state index contributed by atoms with van der Waals surface area (Å²) in [6.45, 7) is 4.57. The van der Waals surface area contributed by atoms with Crippen LogP contribution in [0.25, 0.3) is 0 Å². The Bertz CT molecular complexity index is 152. The Morgan fingerprint density at radius 1 is 1.25 bits per heavy atom. The first kappa shape index (κ1) is 10.0. The van der Waals surface area contributed by atoms with Crippen LogP contribution in [0.4, 0.5) is 0 Å². The van der Waals surface area contributed by atoms with E-state index in [-0.39, 0.29) is 0 Å². The molecule has 0 unspecified atom stereocenters. The first-order chi connectivity index (χ1) is 5.43. The van der Waals surface area contributed by atoms with Crippen LogP contribution in [-0.2, 0) is 0 Å². The Morgan fingerprint density at radius 3 is 2.25 bits per heavy atom. The van der Waals surface area contributed by atoms with Gasteiger partial charge in [0.05, 0.1) is 0 Å². The Hall–Kier alpha value is -0.0800. The fraction of sp³-hybridized carbons (Fsp3) is 1.00. The predicted molar refractivity (Wildman–Crippen MR) is 53.1 cm³/mol. The van der Waals surface area contributed by atoms with Gasteiger partial charge in [-0.3, -0.25) is 0 Å². The van der Waals surface area contributed by atoms with E-state index in [4.69, 9.17) is 5.73 Å². The highest BCUT2D eigenvalue weighted by Gasteiger charge is 2.34. The highest BCUT2D eigenvalue weighted by atomic mass is 15.1. The van der Waals surface area contributed by atoms with Crippen LogP contribution in [0.5, 0.6) is 0 Å². The summed E-state index contributed by atoms with van der Waals surface area (Å²) in [4.78, 5) is 2.33. The summed E-state index contributed by atoms with van der Waals surface area (Å²) in [5.74, 6) is 0. The van der Waals surface area contributed by atoms with Gasteiger partial charge in [0.15, 0.2) is 0 Å². The van der Waals surface area contributed by atoms with Crippen molar-refractivity contribution in [3.05, 3.63) is 0 Å². The normalized spacial score (nSPS) is 35.5. The van der Waals surface area contributed by atoms with Crippen molar-refractivity contribution in [3.8, 4) is 0 Å². The molecule has 1 rings (SSSR count). The summed E-state index contributed by atoms with van der Waals surface area (Å²) in [5.41, 5.74) is 6.38. The second kappa shape index (κ2) is 3.35. The molecule has 0 radical (unpaired) electrons. The van der Waals surface area contributed by atoms with Crippen molar-refractivity contribution in [3.63, 3.8) is 0 Å². The largest absolute Gasteiger partial charge is 0.327 e. The lowest BCUT2D eigenvalue weighted by molar-refractivity contribution is 0.111. The minimum absolute atomic E-state index is 0.327. The minimum atomic E-state index is 0.327. The number of nitrogens with two attached hydrogens (primary N) is 1. The van der Waals surface area contributed by atoms with Crippen LogP contribution in [0.2, 0.25) is 0 Å². The molecule has 2 atom stereocenters. The Morgan fingerprint density at radius 2 is 1.83 bits per heavy atom. The molecule has 0 aliphatic heterocycles. The molecule has 0 bridgehead atoms. The highest BCUT2D eigenvalue weighted by Crippen LogP contribution is 2.35. The summed E-state index contributed by atoms with van der Waals surface area (Å²) in [7, 11) is 4.33. The molecule has 1 aliphatic rings. The molecular weight excluding hydrogens is 148 g/mol. The maximum Gasteiger partial charge on any atom is 0.00954 e. The van der Waals surface area contributed by atoms with E-state index in [2.05, 4.69) is 32.8 Å². The van der Waals surface area contributed by atoms with Crippen molar-refractivity contribution >= 4 is 0 Å². The van der Waals surface area contributed by atoms with Crippen molar-refractivity contribution in [2.75, 3.05) is 14.1 Å². The molecule has 2 heteroatoms. The summed E-state index contributed by atoms with van der Waals surface area (Å²) < 4.78 is 0. The Balaban J connectivity index is 2.57. The molecule has 2 nitrogen and oxygen atoms in total. The fourth-order valence-corrected chi connectivity index (χ4v) is 2.06. The second-order valence-electron chi connectivity index (χ2n) is 4.99. The molecule has 72 valence electrons. The standard InChI is InChI=1S/C10H22N2/c1-10(2)7-8(12(3)4)5-6-9(10)11/h8-9H,5-7,11H2,1-4H3/t8-,9+/m0/s1. The SMILES string of the molecule is CN(C)[C@H]1CC[C@@H](N)C(C)(C)C1. The quantitative estimate of drug-likeness (QED) is 0.645. The monoisotopic (exact) mass is 170 g/mol. The fourth-order valence-electron chi connectivity index (χ4n) is 2.06. The van der Waals surface area contributed by atoms with Gasteiger partial charge in [0.2, 0.25) is 0 Å². The maximum atomic E-state index is 6.06. The van der Waals surface area contributed by atoms with Crippen molar-refractivity contribution in [1.29, 1.82) is 0 Å². The predicted octanol–water partition coefficient (Wildman–Crippen LogP) is 1.45. The third-order valence-corrected chi connectivity index (χ3v) is 3.31. The third kappa shape index (κ3) is 1.99. The summed E-state index contributed by atoms with van der Waals surface area (Å²) in [6.07, 6.45) is 3.68. The van der Waals surface area contributed by atoms with E-state index in [0.717, 1.165) is 6.04 Å². The smallest absolute Gasteiger partial charge is 0.00954 e. The Labute approximate surface area is 76.1 Å². The summed E-state index contributed by atoms with van der Waals surface area (Å²) in [6, 6.07) is 1.13. The third-order valence-electron chi connectivity index (χ3n) is 3.31. The molecular formula is C10H22N2. The lowest BCUT2D eigenvalue weighted by atomic mass is 9.71. The molecule has 1 saturated carbocycles. The molecule has 0 spiro atoms. The van der Waals surface area contributed by atoms with E-state index in [1.165, 1.54) is 19.3 Å². The first-order valence-corrected chi connectivity index (χ1v) is 4.85. The van der Waals surface area contributed by atoms with Crippen LogP contribution in [0.1, 0.15) is 33.1 Å². The van der Waals surface area contributed by atoms with E-state index in [0.29, 0.717) is 11.5 Å². The van der Waals surface area contributed by atoms with Gasteiger partial charge in [-0.25, -0.2) is 0 Å². The van der Waals surface area contributed by atoms with E-state index < -0.39 is 0 Å². The summed E-state index contributed by atoms with van der Waals surface area (Å²) >= 11 is 0. The van der Waals surface area contributed by atoms with Gasteiger partial charge in [0.1, 0.15) is 0 Å². The van der Waals surface area contributed by atoms with Crippen LogP contribution in [0.15, 0.2) is 0 Å². The number of rotatable bonds is 1. The topological polar surface area (TPSA) is 29.3 Å². The van der Waals surface area contributed by atoms with Crippen molar-refractivity contribution < 1.29 is 0 Å². The maximum absolute atomic E-state index is 6.06. The molecule has 0 aromatic rings. The molecule has 0 amide bonds. The highest BCUT2D eigenvalue weighted by molar-refractivity contribution is 4.91. The zero-order valence-electron chi connectivity index (χ0n) is 8.80. The van der Waals surface area contributed by atoms with Gasteiger partial charge >= 0.3 is 0 Å². The number of nitrogens with zero attached hydrogens (tertiary/aromatic N) is 1. The van der Waals surface area contributed by atoms with Crippen LogP contribution in [0, 0.1) is 5.41 Å². The first-order valence-electron chi connectivity index (χ1n) is 4.85. The second-order valence-corrected chi connectivity index (χ2v) is 4.99. The lowest BCUT2D eigenvalue weighted by Crippen LogP contribution is -2.47.